The van der Waals surface area contributed by atoms with Gasteiger partial charge >= 0.3 is 0 Å². The van der Waals surface area contributed by atoms with Crippen molar-refractivity contribution < 1.29 is 0 Å². The molecule has 0 fully saturated rings. The van der Waals surface area contributed by atoms with Crippen LogP contribution in [0, 0.1) is 0 Å². The van der Waals surface area contributed by atoms with Gasteiger partial charge in [-0.2, -0.15) is 0 Å². The average molecular weight is 215 g/mol. The van der Waals surface area contributed by atoms with Crippen LogP contribution in [0.5, 0.6) is 0 Å². The molecule has 16 heavy (non-hydrogen) atoms. The highest BCUT2D eigenvalue weighted by atomic mass is 15.2. The summed E-state index contributed by atoms with van der Waals surface area (Å²) in [5, 5.41) is 0. The summed E-state index contributed by atoms with van der Waals surface area (Å²) in [4.78, 5) is 6.86. The van der Waals surface area contributed by atoms with E-state index < -0.39 is 0 Å². The molecule has 1 unspecified atom stereocenters. The standard InChI is InChI=1S/C13H17N3/c1-4-6-15-8-14-12-11(15)5-7-16-10(3)9(2)13(12)16/h5,7-8,10H,4,6H2,1-3H3. The monoisotopic (exact) mass is 215 g/mol. The summed E-state index contributed by atoms with van der Waals surface area (Å²) in [5.74, 6) is 0. The Hall–Kier alpha value is -1.51. The fourth-order valence-corrected chi connectivity index (χ4v) is 2.57. The largest absolute Gasteiger partial charge is 0.339 e. The molecule has 1 atom stereocenters. The first-order valence-corrected chi connectivity index (χ1v) is 5.96. The van der Waals surface area contributed by atoms with Gasteiger partial charge in [0.25, 0.3) is 0 Å². The smallest absolute Gasteiger partial charge is 0.112 e. The molecule has 3 nitrogen and oxygen atoms in total. The van der Waals surface area contributed by atoms with Crippen LogP contribution in [-0.2, 0) is 6.54 Å². The van der Waals surface area contributed by atoms with Gasteiger partial charge in [-0.3, -0.25) is 0 Å². The van der Waals surface area contributed by atoms with Gasteiger partial charge in [-0.05, 0) is 31.9 Å². The molecular formula is C13H17N3. The number of aryl methyl sites for hydroxylation is 1. The number of imidazole rings is 1. The third kappa shape index (κ3) is 1.06. The van der Waals surface area contributed by atoms with Crippen LogP contribution in [0.15, 0.2) is 18.1 Å². The van der Waals surface area contributed by atoms with E-state index in [9.17, 15) is 0 Å². The third-order valence-corrected chi connectivity index (χ3v) is 3.64. The van der Waals surface area contributed by atoms with Gasteiger partial charge in [0.05, 0.1) is 23.8 Å². The molecule has 0 aromatic carbocycles. The second kappa shape index (κ2) is 3.24. The summed E-state index contributed by atoms with van der Waals surface area (Å²) in [6.07, 6.45) is 7.48. The molecule has 0 aliphatic carbocycles. The molecule has 0 bridgehead atoms. The lowest BCUT2D eigenvalue weighted by atomic mass is 9.92. The molecule has 1 aromatic rings. The van der Waals surface area contributed by atoms with Crippen molar-refractivity contribution in [1.82, 2.24) is 14.5 Å². The van der Waals surface area contributed by atoms with Gasteiger partial charge in [-0.25, -0.2) is 4.98 Å². The van der Waals surface area contributed by atoms with E-state index in [1.165, 1.54) is 17.0 Å². The summed E-state index contributed by atoms with van der Waals surface area (Å²) in [5.41, 5.74) is 5.19. The van der Waals surface area contributed by atoms with Crippen molar-refractivity contribution >= 4 is 11.8 Å². The van der Waals surface area contributed by atoms with Crippen LogP contribution in [0.25, 0.3) is 11.8 Å². The lowest BCUT2D eigenvalue weighted by molar-refractivity contribution is 0.396. The minimum atomic E-state index is 0.538. The molecule has 0 amide bonds. The fraction of sp³-hybridized carbons (Fsp3) is 0.462. The zero-order valence-electron chi connectivity index (χ0n) is 10.1. The maximum absolute atomic E-state index is 4.56. The van der Waals surface area contributed by atoms with E-state index in [1.54, 1.807) is 0 Å². The van der Waals surface area contributed by atoms with Crippen LogP contribution >= 0.6 is 0 Å². The summed E-state index contributed by atoms with van der Waals surface area (Å²) >= 11 is 0. The third-order valence-electron chi connectivity index (χ3n) is 3.64. The van der Waals surface area contributed by atoms with E-state index in [0.717, 1.165) is 18.7 Å². The van der Waals surface area contributed by atoms with Crippen molar-refractivity contribution in [3.05, 3.63) is 29.5 Å². The first-order valence-electron chi connectivity index (χ1n) is 5.96. The normalized spacial score (nSPS) is 21.9. The fourth-order valence-electron chi connectivity index (χ4n) is 2.57. The van der Waals surface area contributed by atoms with Crippen molar-refractivity contribution in [2.45, 2.75) is 39.8 Å². The minimum absolute atomic E-state index is 0.538. The Morgan fingerprint density at radius 2 is 2.25 bits per heavy atom. The number of hydrogen-bond donors (Lipinski definition) is 0. The predicted molar refractivity (Wildman–Crippen MR) is 65.4 cm³/mol. The summed E-state index contributed by atoms with van der Waals surface area (Å²) in [6.45, 7) is 7.69. The summed E-state index contributed by atoms with van der Waals surface area (Å²) in [7, 11) is 0. The Kier molecular flexibility index (Phi) is 1.96. The van der Waals surface area contributed by atoms with E-state index in [4.69, 9.17) is 0 Å². The predicted octanol–water partition coefficient (Wildman–Crippen LogP) is 2.71. The maximum atomic E-state index is 4.56. The molecule has 0 N–H and O–H groups in total. The topological polar surface area (TPSA) is 21.1 Å². The summed E-state index contributed by atoms with van der Waals surface area (Å²) < 4.78 is 2.24. The first kappa shape index (κ1) is 9.70. The molecule has 1 aromatic heterocycles. The van der Waals surface area contributed by atoms with Crippen LogP contribution in [0.4, 0.5) is 0 Å². The number of nitrogens with zero attached hydrogens (tertiary/aromatic N) is 3. The highest BCUT2D eigenvalue weighted by Gasteiger charge is 2.35. The quantitative estimate of drug-likeness (QED) is 0.756. The van der Waals surface area contributed by atoms with Crippen molar-refractivity contribution in [2.75, 3.05) is 0 Å². The van der Waals surface area contributed by atoms with Crippen LogP contribution in [0.1, 0.15) is 38.6 Å². The highest BCUT2D eigenvalue weighted by molar-refractivity contribution is 5.81. The van der Waals surface area contributed by atoms with E-state index in [1.807, 2.05) is 6.33 Å². The van der Waals surface area contributed by atoms with E-state index in [0.29, 0.717) is 6.04 Å². The molecule has 84 valence electrons. The molecule has 0 spiro atoms. The van der Waals surface area contributed by atoms with Gasteiger partial charge < -0.3 is 9.47 Å². The zero-order valence-corrected chi connectivity index (χ0v) is 10.1. The molecule has 0 saturated carbocycles. The van der Waals surface area contributed by atoms with Gasteiger partial charge in [-0.15, -0.1) is 0 Å². The van der Waals surface area contributed by atoms with Crippen LogP contribution in [-0.4, -0.2) is 20.5 Å². The van der Waals surface area contributed by atoms with Gasteiger partial charge in [0.1, 0.15) is 5.69 Å². The molecule has 3 heterocycles. The molecule has 0 radical (unpaired) electrons. The molecule has 0 saturated heterocycles. The Bertz CT molecular complexity index is 493. The van der Waals surface area contributed by atoms with Gasteiger partial charge in [0, 0.05) is 12.7 Å². The van der Waals surface area contributed by atoms with E-state index >= 15 is 0 Å². The summed E-state index contributed by atoms with van der Waals surface area (Å²) in [6, 6.07) is 0.538. The van der Waals surface area contributed by atoms with Crippen LogP contribution in [0.2, 0.25) is 0 Å². The van der Waals surface area contributed by atoms with Gasteiger partial charge in [0.15, 0.2) is 0 Å². The zero-order chi connectivity index (χ0) is 11.3. The minimum Gasteiger partial charge on any atom is -0.339 e. The Balaban J connectivity index is 2.10. The second-order valence-corrected chi connectivity index (χ2v) is 4.60. The van der Waals surface area contributed by atoms with Gasteiger partial charge in [0.2, 0.25) is 0 Å². The number of rotatable bonds is 2. The van der Waals surface area contributed by atoms with Crippen LogP contribution in [0.3, 0.4) is 0 Å². The Morgan fingerprint density at radius 3 is 3.00 bits per heavy atom. The number of hydrogen-bond acceptors (Lipinski definition) is 2. The molecular weight excluding hydrogens is 198 g/mol. The molecule has 3 heteroatoms. The average Bonchev–Trinajstić information content (AvgIpc) is 2.70. The van der Waals surface area contributed by atoms with Crippen molar-refractivity contribution in [3.8, 4) is 0 Å². The first-order chi connectivity index (χ1) is 7.74. The van der Waals surface area contributed by atoms with E-state index in [2.05, 4.69) is 47.5 Å². The number of aromatic nitrogens is 2. The lowest BCUT2D eigenvalue weighted by Crippen LogP contribution is -2.40. The molecule has 2 aliphatic heterocycles. The van der Waals surface area contributed by atoms with Crippen molar-refractivity contribution in [1.29, 1.82) is 0 Å². The number of fused-ring (bicyclic) bond motifs is 3. The molecule has 2 aliphatic rings. The van der Waals surface area contributed by atoms with Crippen LogP contribution < -0.4 is 0 Å². The van der Waals surface area contributed by atoms with Crippen molar-refractivity contribution in [2.24, 2.45) is 0 Å². The van der Waals surface area contributed by atoms with Crippen molar-refractivity contribution in [3.63, 3.8) is 0 Å². The second-order valence-electron chi connectivity index (χ2n) is 4.60. The Labute approximate surface area is 96.1 Å². The van der Waals surface area contributed by atoms with E-state index in [-0.39, 0.29) is 0 Å². The molecule has 3 rings (SSSR count). The maximum Gasteiger partial charge on any atom is 0.112 e. The highest BCUT2D eigenvalue weighted by Crippen LogP contribution is 2.41. The Morgan fingerprint density at radius 1 is 1.44 bits per heavy atom. The SMILES string of the molecule is CCCn1cnc2c1C=CN1C2=C(C)C1C. The van der Waals surface area contributed by atoms with Gasteiger partial charge in [-0.1, -0.05) is 6.92 Å². The lowest BCUT2D eigenvalue weighted by Gasteiger charge is -2.43.